The van der Waals surface area contributed by atoms with Gasteiger partial charge in [-0.3, -0.25) is 4.79 Å². The van der Waals surface area contributed by atoms with Crippen LogP contribution >= 0.6 is 0 Å². The molecule has 0 spiro atoms. The maximum atomic E-state index is 12.5. The molecule has 0 bridgehead atoms. The third kappa shape index (κ3) is 3.56. The lowest BCUT2D eigenvalue weighted by Gasteiger charge is -2.23. The summed E-state index contributed by atoms with van der Waals surface area (Å²) in [6.07, 6.45) is -0.216. The number of nitrogens with one attached hydrogen (secondary N) is 2. The third-order valence-corrected chi connectivity index (χ3v) is 7.61. The Morgan fingerprint density at radius 3 is 2.46 bits per heavy atom. The minimum atomic E-state index is -1.16. The van der Waals surface area contributed by atoms with Crippen LogP contribution in [-0.2, 0) is 4.79 Å². The summed E-state index contributed by atoms with van der Waals surface area (Å²) in [6.45, 7) is 0. The zero-order valence-corrected chi connectivity index (χ0v) is 20.4. The van der Waals surface area contributed by atoms with E-state index in [-0.39, 0.29) is 11.8 Å². The van der Waals surface area contributed by atoms with Gasteiger partial charge in [-0.15, -0.1) is 0 Å². The molecule has 186 valence electrons. The number of carbonyl (C=O) groups excluding carboxylic acids is 1. The van der Waals surface area contributed by atoms with Gasteiger partial charge in [0, 0.05) is 25.6 Å². The summed E-state index contributed by atoms with van der Waals surface area (Å²) in [5.74, 6) is 6.49. The Balaban J connectivity index is 1.34. The van der Waals surface area contributed by atoms with E-state index in [4.69, 9.17) is 0 Å². The summed E-state index contributed by atoms with van der Waals surface area (Å²) >= 11 is 0. The molecule has 0 aliphatic heterocycles. The van der Waals surface area contributed by atoms with Crippen LogP contribution in [0.4, 0.5) is 5.82 Å². The van der Waals surface area contributed by atoms with E-state index in [9.17, 15) is 15.0 Å². The van der Waals surface area contributed by atoms with Crippen molar-refractivity contribution in [2.75, 3.05) is 19.4 Å². The lowest BCUT2D eigenvalue weighted by Crippen LogP contribution is -2.41. The molecular formula is C28H26N6O3. The molecule has 2 aliphatic rings. The maximum absolute atomic E-state index is 12.5. The van der Waals surface area contributed by atoms with Gasteiger partial charge in [0.1, 0.15) is 6.10 Å². The van der Waals surface area contributed by atoms with Gasteiger partial charge in [0.2, 0.25) is 11.7 Å². The van der Waals surface area contributed by atoms with Crippen molar-refractivity contribution in [3.05, 3.63) is 72.3 Å². The van der Waals surface area contributed by atoms with Gasteiger partial charge in [-0.25, -0.2) is 15.0 Å². The van der Waals surface area contributed by atoms with Gasteiger partial charge in [0.05, 0.1) is 23.9 Å². The molecule has 6 rings (SSSR count). The van der Waals surface area contributed by atoms with Crippen molar-refractivity contribution in [3.8, 4) is 23.0 Å². The smallest absolute Gasteiger partial charge is 0.229 e. The van der Waals surface area contributed by atoms with Crippen LogP contribution in [-0.4, -0.2) is 61.9 Å². The lowest BCUT2D eigenvalue weighted by atomic mass is 9.98. The van der Waals surface area contributed by atoms with E-state index >= 15 is 0 Å². The molecule has 4 aromatic rings. The van der Waals surface area contributed by atoms with E-state index in [0.717, 1.165) is 16.7 Å². The van der Waals surface area contributed by atoms with Crippen LogP contribution in [0.5, 0.6) is 0 Å². The van der Waals surface area contributed by atoms with Gasteiger partial charge in [0.25, 0.3) is 0 Å². The predicted octanol–water partition coefficient (Wildman–Crippen LogP) is 1.96. The largest absolute Gasteiger partial charge is 0.389 e. The highest BCUT2D eigenvalue weighted by atomic mass is 16.3. The minimum absolute atomic E-state index is 0.222. The average molecular weight is 495 g/mol. The highest BCUT2D eigenvalue weighted by Crippen LogP contribution is 2.67. The number of nitrogens with zero attached hydrogens (tertiary/aromatic N) is 4. The second kappa shape index (κ2) is 8.69. The molecular weight excluding hydrogens is 468 g/mol. The summed E-state index contributed by atoms with van der Waals surface area (Å²) in [6, 6.07) is 17.6. The first kappa shape index (κ1) is 23.2. The van der Waals surface area contributed by atoms with E-state index in [1.54, 1.807) is 17.9 Å². The predicted molar refractivity (Wildman–Crippen MR) is 138 cm³/mol. The summed E-state index contributed by atoms with van der Waals surface area (Å²) < 4.78 is 1.74. The summed E-state index contributed by atoms with van der Waals surface area (Å²) in [5.41, 5.74) is 3.10. The molecule has 4 N–H and O–H groups in total. The first-order chi connectivity index (χ1) is 18.0. The van der Waals surface area contributed by atoms with Gasteiger partial charge in [0.15, 0.2) is 17.0 Å². The first-order valence-corrected chi connectivity index (χ1v) is 12.2. The number of hydrogen-bond donors (Lipinski definition) is 4. The van der Waals surface area contributed by atoms with Gasteiger partial charge in [-0.2, -0.15) is 0 Å². The number of aliphatic hydroxyl groups excluding tert-OH is 2. The topological polar surface area (TPSA) is 125 Å². The molecule has 5 atom stereocenters. The quantitative estimate of drug-likeness (QED) is 0.320. The zero-order valence-electron chi connectivity index (χ0n) is 20.4. The monoisotopic (exact) mass is 494 g/mol. The second-order valence-electron chi connectivity index (χ2n) is 9.52. The fourth-order valence-electron chi connectivity index (χ4n) is 5.66. The van der Waals surface area contributed by atoms with Crippen molar-refractivity contribution in [1.82, 2.24) is 24.8 Å². The second-order valence-corrected chi connectivity index (χ2v) is 9.52. The molecule has 9 heteroatoms. The zero-order chi connectivity index (χ0) is 25.7. The van der Waals surface area contributed by atoms with Gasteiger partial charge < -0.3 is 25.4 Å². The fraction of sp³-hybridized carbons (Fsp3) is 0.286. The van der Waals surface area contributed by atoms with Crippen molar-refractivity contribution >= 4 is 22.9 Å². The molecule has 2 aliphatic carbocycles. The lowest BCUT2D eigenvalue weighted by molar-refractivity contribution is -0.132. The fourth-order valence-corrected chi connectivity index (χ4v) is 5.66. The Bertz CT molecular complexity index is 1560. The van der Waals surface area contributed by atoms with Crippen molar-refractivity contribution in [2.45, 2.75) is 24.7 Å². The summed E-state index contributed by atoms with van der Waals surface area (Å²) in [7, 11) is 3.28. The Morgan fingerprint density at radius 1 is 1.03 bits per heavy atom. The van der Waals surface area contributed by atoms with Crippen molar-refractivity contribution in [3.63, 3.8) is 0 Å². The van der Waals surface area contributed by atoms with Gasteiger partial charge in [-0.1, -0.05) is 48.4 Å². The number of carbonyl (C=O) groups is 1. The number of fused-ring (bicyclic) bond motifs is 2. The summed E-state index contributed by atoms with van der Waals surface area (Å²) in [4.78, 5) is 26.2. The molecule has 2 saturated carbocycles. The minimum Gasteiger partial charge on any atom is -0.389 e. The number of amides is 1. The van der Waals surface area contributed by atoms with E-state index in [1.165, 1.54) is 7.05 Å². The number of benzene rings is 2. The number of hydrogen-bond acceptors (Lipinski definition) is 7. The molecule has 1 amide bonds. The SMILES string of the molecule is CNC(=O)[C@]12CC1[C@@H](n1cnc3c(NC)nc(C#Cc4ccc(-c5ccccc5)cc4)nc31)C(O)[C@@H]2O. The van der Waals surface area contributed by atoms with Crippen LogP contribution in [0.25, 0.3) is 22.3 Å². The molecule has 2 heterocycles. The first-order valence-electron chi connectivity index (χ1n) is 12.2. The van der Waals surface area contributed by atoms with Crippen LogP contribution in [0, 0.1) is 23.2 Å². The molecule has 0 saturated heterocycles. The van der Waals surface area contributed by atoms with Crippen molar-refractivity contribution in [1.29, 1.82) is 0 Å². The highest BCUT2D eigenvalue weighted by molar-refractivity contribution is 5.88. The number of rotatable bonds is 4. The van der Waals surface area contributed by atoms with Crippen LogP contribution in [0.15, 0.2) is 60.9 Å². The number of aliphatic hydroxyl groups is 2. The van der Waals surface area contributed by atoms with E-state index in [1.807, 2.05) is 42.5 Å². The molecule has 37 heavy (non-hydrogen) atoms. The molecule has 2 aromatic heterocycles. The molecule has 9 nitrogen and oxygen atoms in total. The number of imidazole rings is 1. The van der Waals surface area contributed by atoms with Crippen molar-refractivity contribution < 1.29 is 15.0 Å². The normalized spacial score (nSPS) is 25.7. The number of anilines is 1. The molecule has 2 fully saturated rings. The molecule has 2 aromatic carbocycles. The van der Waals surface area contributed by atoms with Gasteiger partial charge in [-0.05, 0) is 35.6 Å². The summed E-state index contributed by atoms with van der Waals surface area (Å²) in [5, 5.41) is 27.3. The third-order valence-electron chi connectivity index (χ3n) is 7.61. The molecule has 0 radical (unpaired) electrons. The Labute approximate surface area is 213 Å². The van der Waals surface area contributed by atoms with Gasteiger partial charge >= 0.3 is 0 Å². The van der Waals surface area contributed by atoms with E-state index in [0.29, 0.717) is 29.2 Å². The maximum Gasteiger partial charge on any atom is 0.229 e. The van der Waals surface area contributed by atoms with Crippen LogP contribution in [0.2, 0.25) is 0 Å². The van der Waals surface area contributed by atoms with Crippen LogP contribution in [0.1, 0.15) is 23.9 Å². The van der Waals surface area contributed by atoms with E-state index in [2.05, 4.69) is 49.6 Å². The number of aromatic nitrogens is 4. The Kier molecular flexibility index (Phi) is 5.44. The van der Waals surface area contributed by atoms with Crippen LogP contribution in [0.3, 0.4) is 0 Å². The standard InChI is InChI=1S/C28H26N6O3/c1-29-25-21-26(34(15-31-21)22-19-14-28(19,27(37)30-2)24(36)23(22)35)33-20(32-25)13-10-16-8-11-18(12-9-16)17-6-4-3-5-7-17/h3-9,11-12,15,19,22-24,35-36H,14H2,1-2H3,(H,30,37)(H,29,32,33)/t19?,22-,23?,24+,28-/m1/s1. The van der Waals surface area contributed by atoms with Crippen molar-refractivity contribution in [2.24, 2.45) is 11.3 Å². The highest BCUT2D eigenvalue weighted by Gasteiger charge is 2.75. The van der Waals surface area contributed by atoms with E-state index < -0.39 is 23.7 Å². The Morgan fingerprint density at radius 2 is 1.76 bits per heavy atom. The Hall–Kier alpha value is -4.26. The molecule has 2 unspecified atom stereocenters. The van der Waals surface area contributed by atoms with Crippen LogP contribution < -0.4 is 10.6 Å². The average Bonchev–Trinajstić information content (AvgIpc) is 3.48.